The number of anilines is 1. The van der Waals surface area contributed by atoms with E-state index in [0.717, 1.165) is 22.0 Å². The molecule has 5 rings (SSSR count). The molecule has 0 fully saturated rings. The summed E-state index contributed by atoms with van der Waals surface area (Å²) < 4.78 is 10.8. The van der Waals surface area contributed by atoms with E-state index < -0.39 is 0 Å². The molecule has 0 spiro atoms. The minimum Gasteiger partial charge on any atom is -0.484 e. The highest BCUT2D eigenvalue weighted by Crippen LogP contribution is 2.30. The summed E-state index contributed by atoms with van der Waals surface area (Å²) in [4.78, 5) is 28.2. The molecule has 36 heavy (non-hydrogen) atoms. The van der Waals surface area contributed by atoms with Crippen LogP contribution in [0.15, 0.2) is 108 Å². The molecule has 0 aliphatic rings. The third kappa shape index (κ3) is 5.31. The van der Waals surface area contributed by atoms with Gasteiger partial charge in [-0.25, -0.2) is 0 Å². The molecule has 0 radical (unpaired) electrons. The van der Waals surface area contributed by atoms with Crippen LogP contribution < -0.4 is 15.4 Å². The van der Waals surface area contributed by atoms with Crippen molar-refractivity contribution in [3.63, 3.8) is 0 Å². The Kier molecular flexibility index (Phi) is 6.80. The number of fused-ring (bicyclic) bond motifs is 1. The number of nitrogens with one attached hydrogen (secondary N) is 3. The number of hydrogen-bond acceptors (Lipinski definition) is 4. The number of rotatable bonds is 9. The third-order valence-electron chi connectivity index (χ3n) is 5.91. The lowest BCUT2D eigenvalue weighted by molar-refractivity contribution is -0.123. The van der Waals surface area contributed by atoms with Gasteiger partial charge in [0.1, 0.15) is 5.75 Å². The van der Waals surface area contributed by atoms with Gasteiger partial charge in [-0.05, 0) is 41.5 Å². The van der Waals surface area contributed by atoms with Crippen LogP contribution in [0.2, 0.25) is 0 Å². The molecule has 2 aromatic heterocycles. The first kappa shape index (κ1) is 23.0. The lowest BCUT2D eigenvalue weighted by Crippen LogP contribution is -2.32. The Labute approximate surface area is 208 Å². The number of furan rings is 1. The summed E-state index contributed by atoms with van der Waals surface area (Å²) in [6.07, 6.45) is 3.45. The maximum Gasteiger partial charge on any atom is 0.291 e. The van der Waals surface area contributed by atoms with E-state index in [2.05, 4.69) is 33.8 Å². The fraction of sp³-hybridized carbons (Fsp3) is 0.103. The molecule has 0 aliphatic carbocycles. The first-order valence-corrected chi connectivity index (χ1v) is 11.6. The molecule has 7 heteroatoms. The number of ether oxygens (including phenoxy) is 1. The molecular formula is C29H25N3O4. The van der Waals surface area contributed by atoms with Gasteiger partial charge in [0.2, 0.25) is 0 Å². The molecule has 7 nitrogen and oxygen atoms in total. The summed E-state index contributed by atoms with van der Waals surface area (Å²) >= 11 is 0. The van der Waals surface area contributed by atoms with Crippen LogP contribution in [0.5, 0.6) is 5.75 Å². The van der Waals surface area contributed by atoms with Crippen LogP contribution in [0.3, 0.4) is 0 Å². The lowest BCUT2D eigenvalue weighted by Gasteiger charge is -2.18. The van der Waals surface area contributed by atoms with Gasteiger partial charge < -0.3 is 24.8 Å². The second kappa shape index (κ2) is 10.7. The van der Waals surface area contributed by atoms with Crippen molar-refractivity contribution < 1.29 is 18.7 Å². The number of carbonyl (C=O) groups excluding carboxylic acids is 2. The second-order valence-electron chi connectivity index (χ2n) is 8.30. The highest BCUT2D eigenvalue weighted by Gasteiger charge is 2.19. The van der Waals surface area contributed by atoms with Crippen LogP contribution in [0.4, 0.5) is 5.69 Å². The van der Waals surface area contributed by atoms with Crippen molar-refractivity contribution in [1.82, 2.24) is 10.3 Å². The van der Waals surface area contributed by atoms with Crippen molar-refractivity contribution in [2.24, 2.45) is 0 Å². The largest absolute Gasteiger partial charge is 0.484 e. The topological polar surface area (TPSA) is 96.4 Å². The number of para-hydroxylation sites is 1. The van der Waals surface area contributed by atoms with E-state index in [4.69, 9.17) is 9.15 Å². The summed E-state index contributed by atoms with van der Waals surface area (Å²) in [7, 11) is 0. The smallest absolute Gasteiger partial charge is 0.291 e. The van der Waals surface area contributed by atoms with Crippen LogP contribution >= 0.6 is 0 Å². The van der Waals surface area contributed by atoms with Gasteiger partial charge >= 0.3 is 0 Å². The maximum atomic E-state index is 12.7. The molecule has 180 valence electrons. The summed E-state index contributed by atoms with van der Waals surface area (Å²) in [5.74, 6) is 0.0638. The molecule has 5 aromatic rings. The van der Waals surface area contributed by atoms with Crippen LogP contribution in [-0.4, -0.2) is 29.9 Å². The minimum absolute atomic E-state index is 0.0218. The van der Waals surface area contributed by atoms with Crippen molar-refractivity contribution in [2.75, 3.05) is 18.5 Å². The molecule has 0 saturated carbocycles. The van der Waals surface area contributed by atoms with Gasteiger partial charge in [-0.1, -0.05) is 54.6 Å². The van der Waals surface area contributed by atoms with Crippen molar-refractivity contribution >= 4 is 28.4 Å². The Morgan fingerprint density at radius 2 is 1.75 bits per heavy atom. The number of amides is 2. The van der Waals surface area contributed by atoms with Gasteiger partial charge in [0.05, 0.1) is 6.26 Å². The molecule has 0 saturated heterocycles. The quantitative estimate of drug-likeness (QED) is 0.266. The van der Waals surface area contributed by atoms with Crippen molar-refractivity contribution in [3.8, 4) is 5.75 Å². The van der Waals surface area contributed by atoms with Crippen molar-refractivity contribution in [3.05, 3.63) is 120 Å². The first-order chi connectivity index (χ1) is 17.7. The van der Waals surface area contributed by atoms with Gasteiger partial charge in [-0.3, -0.25) is 9.59 Å². The average Bonchev–Trinajstić information content (AvgIpc) is 3.60. The van der Waals surface area contributed by atoms with Gasteiger partial charge in [0.15, 0.2) is 12.4 Å². The highest BCUT2D eigenvalue weighted by molar-refractivity contribution is 6.02. The van der Waals surface area contributed by atoms with Gasteiger partial charge in [0.25, 0.3) is 11.8 Å². The molecule has 0 aliphatic heterocycles. The highest BCUT2D eigenvalue weighted by atomic mass is 16.5. The molecule has 1 atom stereocenters. The first-order valence-electron chi connectivity index (χ1n) is 11.6. The fourth-order valence-corrected chi connectivity index (χ4v) is 4.15. The predicted octanol–water partition coefficient (Wildman–Crippen LogP) is 5.34. The number of H-pyrrole nitrogens is 1. The van der Waals surface area contributed by atoms with Crippen molar-refractivity contribution in [1.29, 1.82) is 0 Å². The molecule has 2 amide bonds. The SMILES string of the molecule is O=C(COc1cccc(NC(=O)c2ccco2)c1)NCC(c1ccccc1)c1c[nH]c2ccccc12. The Hall–Kier alpha value is -4.78. The average molecular weight is 480 g/mol. The molecular weight excluding hydrogens is 454 g/mol. The Bertz CT molecular complexity index is 1460. The normalized spacial score (nSPS) is 11.7. The standard InChI is InChI=1S/C29H25N3O4/c33-28(19-36-22-11-6-10-21(16-22)32-29(34)27-14-7-15-35-27)31-17-24(20-8-2-1-3-9-20)25-18-30-26-13-5-4-12-23(25)26/h1-16,18,24,30H,17,19H2,(H,31,33)(H,32,34). The Balaban J connectivity index is 1.22. The van der Waals surface area contributed by atoms with E-state index in [9.17, 15) is 9.59 Å². The second-order valence-corrected chi connectivity index (χ2v) is 8.30. The zero-order valence-corrected chi connectivity index (χ0v) is 19.4. The van der Waals surface area contributed by atoms with E-state index in [0.29, 0.717) is 18.0 Å². The third-order valence-corrected chi connectivity index (χ3v) is 5.91. The minimum atomic E-state index is -0.362. The van der Waals surface area contributed by atoms with E-state index in [1.807, 2.05) is 42.6 Å². The predicted molar refractivity (Wildman–Crippen MR) is 138 cm³/mol. The molecule has 3 N–H and O–H groups in total. The Morgan fingerprint density at radius 1 is 0.917 bits per heavy atom. The van der Waals surface area contributed by atoms with E-state index in [1.165, 1.54) is 6.26 Å². The van der Waals surface area contributed by atoms with Crippen LogP contribution in [0, 0.1) is 0 Å². The molecule has 0 bridgehead atoms. The van der Waals surface area contributed by atoms with E-state index in [1.54, 1.807) is 36.4 Å². The molecule has 2 heterocycles. The lowest BCUT2D eigenvalue weighted by atomic mass is 9.91. The molecule has 3 aromatic carbocycles. The van der Waals surface area contributed by atoms with Crippen LogP contribution in [0.1, 0.15) is 27.6 Å². The van der Waals surface area contributed by atoms with E-state index in [-0.39, 0.29) is 30.1 Å². The Morgan fingerprint density at radius 3 is 2.58 bits per heavy atom. The zero-order chi connectivity index (χ0) is 24.7. The van der Waals surface area contributed by atoms with Gasteiger partial charge in [0, 0.05) is 41.3 Å². The summed E-state index contributed by atoms with van der Waals surface area (Å²) in [6, 6.07) is 28.3. The summed E-state index contributed by atoms with van der Waals surface area (Å²) in [6.45, 7) is 0.276. The zero-order valence-electron chi connectivity index (χ0n) is 19.4. The monoisotopic (exact) mass is 479 g/mol. The van der Waals surface area contributed by atoms with E-state index >= 15 is 0 Å². The maximum absolute atomic E-state index is 12.7. The fourth-order valence-electron chi connectivity index (χ4n) is 4.15. The molecule has 1 unspecified atom stereocenters. The number of hydrogen-bond donors (Lipinski definition) is 3. The van der Waals surface area contributed by atoms with Crippen LogP contribution in [-0.2, 0) is 4.79 Å². The number of aromatic amines is 1. The van der Waals surface area contributed by atoms with Gasteiger partial charge in [-0.15, -0.1) is 0 Å². The summed E-state index contributed by atoms with van der Waals surface area (Å²) in [5, 5.41) is 6.88. The van der Waals surface area contributed by atoms with Crippen LogP contribution in [0.25, 0.3) is 10.9 Å². The summed E-state index contributed by atoms with van der Waals surface area (Å²) in [5.41, 5.74) is 3.83. The number of benzene rings is 3. The number of aromatic nitrogens is 1. The number of carbonyl (C=O) groups is 2. The van der Waals surface area contributed by atoms with Gasteiger partial charge in [-0.2, -0.15) is 0 Å². The van der Waals surface area contributed by atoms with Crippen molar-refractivity contribution in [2.45, 2.75) is 5.92 Å².